The van der Waals surface area contributed by atoms with E-state index in [1.54, 1.807) is 0 Å². The minimum atomic E-state index is 0.0728. The SMILES string of the molecule is CC(C)C1COC(c2ccccc2)C(c2ccccc2)N1. The van der Waals surface area contributed by atoms with Gasteiger partial charge < -0.3 is 10.1 Å². The molecule has 3 rings (SSSR count). The molecule has 3 atom stereocenters. The fourth-order valence-electron chi connectivity index (χ4n) is 2.92. The first-order valence-corrected chi connectivity index (χ1v) is 7.73. The second kappa shape index (κ2) is 6.42. The molecule has 2 aromatic rings. The van der Waals surface area contributed by atoms with E-state index in [4.69, 9.17) is 4.74 Å². The van der Waals surface area contributed by atoms with E-state index in [9.17, 15) is 0 Å². The Morgan fingerprint density at radius 3 is 2.05 bits per heavy atom. The van der Waals surface area contributed by atoms with Gasteiger partial charge in [0.25, 0.3) is 0 Å². The van der Waals surface area contributed by atoms with E-state index in [0.717, 1.165) is 6.61 Å². The molecule has 0 saturated carbocycles. The molecule has 1 fully saturated rings. The van der Waals surface area contributed by atoms with Gasteiger partial charge in [0.15, 0.2) is 0 Å². The van der Waals surface area contributed by atoms with Gasteiger partial charge >= 0.3 is 0 Å². The number of rotatable bonds is 3. The normalized spacial score (nSPS) is 26.0. The first-order valence-electron chi connectivity index (χ1n) is 7.73. The van der Waals surface area contributed by atoms with Crippen molar-refractivity contribution in [2.24, 2.45) is 5.92 Å². The standard InChI is InChI=1S/C19H23NO/c1-14(2)17-13-21-19(16-11-7-4-8-12-16)18(20-17)15-9-5-3-6-10-15/h3-12,14,17-20H,13H2,1-2H3. The van der Waals surface area contributed by atoms with E-state index < -0.39 is 0 Å². The molecular weight excluding hydrogens is 258 g/mol. The number of ether oxygens (including phenoxy) is 1. The fraction of sp³-hybridized carbons (Fsp3) is 0.368. The maximum absolute atomic E-state index is 6.24. The summed E-state index contributed by atoms with van der Waals surface area (Å²) in [5, 5.41) is 3.79. The first-order chi connectivity index (χ1) is 10.3. The van der Waals surface area contributed by atoms with Crippen LogP contribution in [-0.4, -0.2) is 12.6 Å². The van der Waals surface area contributed by atoms with Crippen molar-refractivity contribution >= 4 is 0 Å². The quantitative estimate of drug-likeness (QED) is 0.914. The van der Waals surface area contributed by atoms with Crippen LogP contribution in [0.3, 0.4) is 0 Å². The Hall–Kier alpha value is -1.64. The Morgan fingerprint density at radius 1 is 0.905 bits per heavy atom. The van der Waals surface area contributed by atoms with Gasteiger partial charge in [-0.25, -0.2) is 0 Å². The van der Waals surface area contributed by atoms with Crippen LogP contribution >= 0.6 is 0 Å². The van der Waals surface area contributed by atoms with Crippen LogP contribution in [0.15, 0.2) is 60.7 Å². The molecule has 2 aromatic carbocycles. The van der Waals surface area contributed by atoms with E-state index in [2.05, 4.69) is 73.8 Å². The highest BCUT2D eigenvalue weighted by atomic mass is 16.5. The highest BCUT2D eigenvalue weighted by Gasteiger charge is 2.33. The van der Waals surface area contributed by atoms with E-state index >= 15 is 0 Å². The number of nitrogens with one attached hydrogen (secondary N) is 1. The van der Waals surface area contributed by atoms with Crippen LogP contribution in [0.2, 0.25) is 0 Å². The van der Waals surface area contributed by atoms with Gasteiger partial charge in [-0.1, -0.05) is 74.5 Å². The Kier molecular flexibility index (Phi) is 4.37. The van der Waals surface area contributed by atoms with Gasteiger partial charge in [-0.3, -0.25) is 0 Å². The lowest BCUT2D eigenvalue weighted by atomic mass is 9.91. The zero-order chi connectivity index (χ0) is 14.7. The number of morpholine rings is 1. The summed E-state index contributed by atoms with van der Waals surface area (Å²) in [4.78, 5) is 0. The molecule has 1 heterocycles. The van der Waals surface area contributed by atoms with Gasteiger partial charge in [0.1, 0.15) is 6.10 Å². The van der Waals surface area contributed by atoms with Crippen LogP contribution < -0.4 is 5.32 Å². The Bertz CT molecular complexity index is 552. The van der Waals surface area contributed by atoms with Crippen LogP contribution in [0.25, 0.3) is 0 Å². The third kappa shape index (κ3) is 3.17. The lowest BCUT2D eigenvalue weighted by molar-refractivity contribution is -0.0399. The summed E-state index contributed by atoms with van der Waals surface area (Å²) in [6.07, 6.45) is 0.0728. The van der Waals surface area contributed by atoms with Crippen molar-refractivity contribution in [1.29, 1.82) is 0 Å². The average Bonchev–Trinajstić information content (AvgIpc) is 2.56. The van der Waals surface area contributed by atoms with Crippen LogP contribution in [0, 0.1) is 5.92 Å². The van der Waals surface area contributed by atoms with Crippen molar-refractivity contribution in [2.75, 3.05) is 6.61 Å². The number of benzene rings is 2. The van der Waals surface area contributed by atoms with Crippen LogP contribution in [-0.2, 0) is 4.74 Å². The Labute approximate surface area is 127 Å². The summed E-state index contributed by atoms with van der Waals surface area (Å²) in [6.45, 7) is 5.25. The zero-order valence-corrected chi connectivity index (χ0v) is 12.7. The second-order valence-corrected chi connectivity index (χ2v) is 6.07. The van der Waals surface area contributed by atoms with Crippen LogP contribution in [0.4, 0.5) is 0 Å². The minimum absolute atomic E-state index is 0.0728. The van der Waals surface area contributed by atoms with Crippen LogP contribution in [0.5, 0.6) is 0 Å². The molecule has 110 valence electrons. The Morgan fingerprint density at radius 2 is 1.48 bits per heavy atom. The van der Waals surface area contributed by atoms with Crippen molar-refractivity contribution < 1.29 is 4.74 Å². The third-order valence-electron chi connectivity index (χ3n) is 4.24. The molecule has 0 aliphatic carbocycles. The Balaban J connectivity index is 1.91. The molecule has 0 bridgehead atoms. The second-order valence-electron chi connectivity index (χ2n) is 6.07. The maximum atomic E-state index is 6.24. The monoisotopic (exact) mass is 281 g/mol. The molecular formula is C19H23NO. The molecule has 21 heavy (non-hydrogen) atoms. The predicted molar refractivity (Wildman–Crippen MR) is 86.1 cm³/mol. The van der Waals surface area contributed by atoms with Gasteiger partial charge in [-0.15, -0.1) is 0 Å². The predicted octanol–water partition coefficient (Wildman–Crippen LogP) is 4.11. The topological polar surface area (TPSA) is 21.3 Å². The first kappa shape index (κ1) is 14.3. The van der Waals surface area contributed by atoms with Crippen molar-refractivity contribution in [3.63, 3.8) is 0 Å². The smallest absolute Gasteiger partial charge is 0.102 e. The number of hydrogen-bond acceptors (Lipinski definition) is 2. The lowest BCUT2D eigenvalue weighted by Gasteiger charge is -2.39. The summed E-state index contributed by atoms with van der Waals surface area (Å²) < 4.78 is 6.24. The maximum Gasteiger partial charge on any atom is 0.102 e. The van der Waals surface area contributed by atoms with E-state index in [-0.39, 0.29) is 12.1 Å². The van der Waals surface area contributed by atoms with Gasteiger partial charge in [0, 0.05) is 6.04 Å². The molecule has 2 nitrogen and oxygen atoms in total. The highest BCUT2D eigenvalue weighted by molar-refractivity contribution is 5.27. The minimum Gasteiger partial charge on any atom is -0.370 e. The van der Waals surface area contributed by atoms with Gasteiger partial charge in [0.2, 0.25) is 0 Å². The summed E-state index contributed by atoms with van der Waals surface area (Å²) in [7, 11) is 0. The summed E-state index contributed by atoms with van der Waals surface area (Å²) in [5.41, 5.74) is 2.53. The molecule has 0 spiro atoms. The molecule has 0 amide bonds. The number of hydrogen-bond donors (Lipinski definition) is 1. The van der Waals surface area contributed by atoms with Gasteiger partial charge in [-0.2, -0.15) is 0 Å². The van der Waals surface area contributed by atoms with Crippen LogP contribution in [0.1, 0.15) is 37.1 Å². The summed E-state index contributed by atoms with van der Waals surface area (Å²) >= 11 is 0. The molecule has 1 N–H and O–H groups in total. The highest BCUT2D eigenvalue weighted by Crippen LogP contribution is 2.36. The molecule has 0 radical (unpaired) electrons. The van der Waals surface area contributed by atoms with E-state index in [1.165, 1.54) is 11.1 Å². The molecule has 1 aliphatic heterocycles. The lowest BCUT2D eigenvalue weighted by Crippen LogP contribution is -2.47. The summed E-state index contributed by atoms with van der Waals surface area (Å²) in [6, 6.07) is 21.7. The zero-order valence-electron chi connectivity index (χ0n) is 12.7. The summed E-state index contributed by atoms with van der Waals surface area (Å²) in [5.74, 6) is 0.563. The molecule has 1 saturated heterocycles. The molecule has 3 unspecified atom stereocenters. The van der Waals surface area contributed by atoms with E-state index in [0.29, 0.717) is 12.0 Å². The van der Waals surface area contributed by atoms with Crippen molar-refractivity contribution in [3.05, 3.63) is 71.8 Å². The molecule has 1 aliphatic rings. The largest absolute Gasteiger partial charge is 0.370 e. The van der Waals surface area contributed by atoms with Crippen molar-refractivity contribution in [1.82, 2.24) is 5.32 Å². The molecule has 0 aromatic heterocycles. The van der Waals surface area contributed by atoms with Crippen molar-refractivity contribution in [2.45, 2.75) is 32.0 Å². The molecule has 2 heteroatoms. The fourth-order valence-corrected chi connectivity index (χ4v) is 2.92. The van der Waals surface area contributed by atoms with Gasteiger partial charge in [0.05, 0.1) is 12.6 Å². The average molecular weight is 281 g/mol. The third-order valence-corrected chi connectivity index (χ3v) is 4.24. The van der Waals surface area contributed by atoms with Gasteiger partial charge in [-0.05, 0) is 17.0 Å². The van der Waals surface area contributed by atoms with E-state index in [1.807, 2.05) is 6.07 Å². The van der Waals surface area contributed by atoms with Crippen molar-refractivity contribution in [3.8, 4) is 0 Å².